The van der Waals surface area contributed by atoms with Crippen LogP contribution in [0.4, 0.5) is 10.8 Å². The molecule has 0 bridgehead atoms. The van der Waals surface area contributed by atoms with E-state index in [2.05, 4.69) is 25.6 Å². The van der Waals surface area contributed by atoms with Crippen molar-refractivity contribution < 1.29 is 14.3 Å². The van der Waals surface area contributed by atoms with E-state index in [1.807, 2.05) is 0 Å². The van der Waals surface area contributed by atoms with E-state index < -0.39 is 5.97 Å². The van der Waals surface area contributed by atoms with Crippen LogP contribution >= 0.6 is 23.1 Å². The molecule has 0 atom stereocenters. The molecule has 0 radical (unpaired) electrons. The molecule has 7 nitrogen and oxygen atoms in total. The average molecular weight is 364 g/mol. The van der Waals surface area contributed by atoms with E-state index in [1.54, 1.807) is 24.3 Å². The van der Waals surface area contributed by atoms with Crippen LogP contribution in [-0.2, 0) is 9.53 Å². The zero-order chi connectivity index (χ0) is 16.9. The van der Waals surface area contributed by atoms with Crippen molar-refractivity contribution >= 4 is 45.8 Å². The van der Waals surface area contributed by atoms with Crippen LogP contribution in [0.3, 0.4) is 0 Å². The lowest BCUT2D eigenvalue weighted by molar-refractivity contribution is -0.113. The molecule has 1 aliphatic rings. The number of benzene rings is 1. The van der Waals surface area contributed by atoms with Crippen LogP contribution in [-0.4, -0.2) is 41.0 Å². The van der Waals surface area contributed by atoms with Gasteiger partial charge in [-0.25, -0.2) is 4.79 Å². The van der Waals surface area contributed by atoms with Crippen molar-refractivity contribution in [1.82, 2.24) is 10.2 Å². The largest absolute Gasteiger partial charge is 0.465 e. The summed E-state index contributed by atoms with van der Waals surface area (Å²) < 4.78 is 5.39. The maximum Gasteiger partial charge on any atom is 0.337 e. The molecular weight excluding hydrogens is 348 g/mol. The molecule has 0 saturated heterocycles. The van der Waals surface area contributed by atoms with Gasteiger partial charge in [0, 0.05) is 11.7 Å². The van der Waals surface area contributed by atoms with Gasteiger partial charge in [-0.2, -0.15) is 0 Å². The number of amides is 1. The normalized spacial score (nSPS) is 13.4. The van der Waals surface area contributed by atoms with Crippen LogP contribution in [0, 0.1) is 0 Å². The summed E-state index contributed by atoms with van der Waals surface area (Å²) in [7, 11) is 1.33. The van der Waals surface area contributed by atoms with Gasteiger partial charge in [0.1, 0.15) is 0 Å². The standard InChI is InChI=1S/C15H16N4O3S2/c1-22-13(21)9-2-4-10(5-3-9)16-12(20)8-23-15-19-18-14(24-15)17-11-6-7-11/h2-5,11H,6-8H2,1H3,(H,16,20)(H,17,18). The fourth-order valence-electron chi connectivity index (χ4n) is 1.86. The van der Waals surface area contributed by atoms with Crippen LogP contribution in [0.25, 0.3) is 0 Å². The third kappa shape index (κ3) is 4.68. The second-order valence-corrected chi connectivity index (χ2v) is 7.40. The number of anilines is 2. The molecule has 1 saturated carbocycles. The average Bonchev–Trinajstić information content (AvgIpc) is 3.29. The second kappa shape index (κ2) is 7.63. The lowest BCUT2D eigenvalue weighted by Gasteiger charge is -2.05. The Labute approximate surface area is 147 Å². The van der Waals surface area contributed by atoms with E-state index in [4.69, 9.17) is 0 Å². The molecule has 126 valence electrons. The van der Waals surface area contributed by atoms with Gasteiger partial charge >= 0.3 is 5.97 Å². The zero-order valence-electron chi connectivity index (χ0n) is 12.9. The highest BCUT2D eigenvalue weighted by molar-refractivity contribution is 8.01. The van der Waals surface area contributed by atoms with Gasteiger partial charge in [0.15, 0.2) is 4.34 Å². The van der Waals surface area contributed by atoms with E-state index in [0.29, 0.717) is 17.3 Å². The number of ether oxygens (including phenoxy) is 1. The number of hydrogen-bond acceptors (Lipinski definition) is 8. The Bertz CT molecular complexity index is 729. The molecule has 1 aromatic carbocycles. The summed E-state index contributed by atoms with van der Waals surface area (Å²) >= 11 is 2.80. The van der Waals surface area contributed by atoms with Crippen molar-refractivity contribution in [3.05, 3.63) is 29.8 Å². The fraction of sp³-hybridized carbons (Fsp3) is 0.333. The molecule has 0 aliphatic heterocycles. The minimum absolute atomic E-state index is 0.141. The highest BCUT2D eigenvalue weighted by atomic mass is 32.2. The first-order valence-corrected chi connectivity index (χ1v) is 9.15. The molecule has 0 spiro atoms. The van der Waals surface area contributed by atoms with E-state index in [1.165, 1.54) is 43.1 Å². The van der Waals surface area contributed by atoms with Gasteiger partial charge in [-0.3, -0.25) is 4.79 Å². The Balaban J connectivity index is 1.46. The summed E-state index contributed by atoms with van der Waals surface area (Å²) in [6, 6.07) is 7.08. The van der Waals surface area contributed by atoms with Crippen molar-refractivity contribution in [2.75, 3.05) is 23.5 Å². The third-order valence-electron chi connectivity index (χ3n) is 3.23. The molecule has 1 amide bonds. The number of rotatable bonds is 7. The second-order valence-electron chi connectivity index (χ2n) is 5.20. The first-order valence-electron chi connectivity index (χ1n) is 7.35. The van der Waals surface area contributed by atoms with Gasteiger partial charge in [0.2, 0.25) is 11.0 Å². The number of nitrogens with one attached hydrogen (secondary N) is 2. The third-order valence-corrected chi connectivity index (χ3v) is 5.22. The lowest BCUT2D eigenvalue weighted by Crippen LogP contribution is -2.14. The number of esters is 1. The first-order chi connectivity index (χ1) is 11.6. The van der Waals surface area contributed by atoms with Gasteiger partial charge in [-0.05, 0) is 37.1 Å². The predicted octanol–water partition coefficient (Wildman–Crippen LogP) is 2.63. The van der Waals surface area contributed by atoms with Crippen molar-refractivity contribution in [3.8, 4) is 0 Å². The van der Waals surface area contributed by atoms with E-state index in [-0.39, 0.29) is 11.7 Å². The van der Waals surface area contributed by atoms with Crippen LogP contribution in [0.2, 0.25) is 0 Å². The summed E-state index contributed by atoms with van der Waals surface area (Å²) in [4.78, 5) is 23.3. The minimum Gasteiger partial charge on any atom is -0.465 e. The summed E-state index contributed by atoms with van der Waals surface area (Å²) in [6.07, 6.45) is 2.36. The molecule has 1 aliphatic carbocycles. The molecule has 2 aromatic rings. The number of carbonyl (C=O) groups excluding carboxylic acids is 2. The lowest BCUT2D eigenvalue weighted by atomic mass is 10.2. The Morgan fingerprint density at radius 2 is 2.04 bits per heavy atom. The van der Waals surface area contributed by atoms with Crippen molar-refractivity contribution in [2.45, 2.75) is 23.2 Å². The number of carbonyl (C=O) groups is 2. The van der Waals surface area contributed by atoms with Crippen LogP contribution in [0.5, 0.6) is 0 Å². The Morgan fingerprint density at radius 3 is 2.71 bits per heavy atom. The SMILES string of the molecule is COC(=O)c1ccc(NC(=O)CSc2nnc(NC3CC3)s2)cc1. The Morgan fingerprint density at radius 1 is 1.29 bits per heavy atom. The fourth-order valence-corrected chi connectivity index (χ4v) is 3.49. The topological polar surface area (TPSA) is 93.2 Å². The maximum absolute atomic E-state index is 12.0. The summed E-state index contributed by atoms with van der Waals surface area (Å²) in [5.74, 6) is -0.301. The highest BCUT2D eigenvalue weighted by Gasteiger charge is 2.22. The highest BCUT2D eigenvalue weighted by Crippen LogP contribution is 2.30. The quantitative estimate of drug-likeness (QED) is 0.576. The van der Waals surface area contributed by atoms with Crippen molar-refractivity contribution in [3.63, 3.8) is 0 Å². The maximum atomic E-state index is 12.0. The number of thioether (sulfide) groups is 1. The van der Waals surface area contributed by atoms with Gasteiger partial charge in [0.25, 0.3) is 0 Å². The molecule has 24 heavy (non-hydrogen) atoms. The minimum atomic E-state index is -0.407. The Kier molecular flexibility index (Phi) is 5.31. The van der Waals surface area contributed by atoms with E-state index >= 15 is 0 Å². The van der Waals surface area contributed by atoms with Gasteiger partial charge in [-0.15, -0.1) is 10.2 Å². The van der Waals surface area contributed by atoms with Gasteiger partial charge < -0.3 is 15.4 Å². The predicted molar refractivity (Wildman–Crippen MR) is 93.7 cm³/mol. The molecule has 1 heterocycles. The number of aromatic nitrogens is 2. The Hall–Kier alpha value is -2.13. The van der Waals surface area contributed by atoms with E-state index in [0.717, 1.165) is 9.47 Å². The smallest absolute Gasteiger partial charge is 0.337 e. The molecule has 0 unspecified atom stereocenters. The molecule has 2 N–H and O–H groups in total. The monoisotopic (exact) mass is 364 g/mol. The molecule has 3 rings (SSSR count). The summed E-state index contributed by atoms with van der Waals surface area (Å²) in [6.45, 7) is 0. The summed E-state index contributed by atoms with van der Waals surface area (Å²) in [5.41, 5.74) is 1.07. The van der Waals surface area contributed by atoms with Crippen molar-refractivity contribution in [2.24, 2.45) is 0 Å². The van der Waals surface area contributed by atoms with Crippen LogP contribution in [0.1, 0.15) is 23.2 Å². The first kappa shape index (κ1) is 16.7. The number of hydrogen-bond donors (Lipinski definition) is 2. The molecule has 1 fully saturated rings. The zero-order valence-corrected chi connectivity index (χ0v) is 14.6. The molecular formula is C15H16N4O3S2. The van der Waals surface area contributed by atoms with Gasteiger partial charge in [0.05, 0.1) is 18.4 Å². The summed E-state index contributed by atoms with van der Waals surface area (Å²) in [5, 5.41) is 15.0. The molecule has 9 heteroatoms. The van der Waals surface area contributed by atoms with E-state index in [9.17, 15) is 9.59 Å². The number of nitrogens with zero attached hydrogens (tertiary/aromatic N) is 2. The van der Waals surface area contributed by atoms with Crippen molar-refractivity contribution in [1.29, 1.82) is 0 Å². The number of methoxy groups -OCH3 is 1. The van der Waals surface area contributed by atoms with Crippen LogP contribution in [0.15, 0.2) is 28.6 Å². The van der Waals surface area contributed by atoms with Crippen LogP contribution < -0.4 is 10.6 Å². The molecule has 1 aromatic heterocycles. The van der Waals surface area contributed by atoms with Gasteiger partial charge in [-0.1, -0.05) is 23.1 Å².